The molecule has 8 heteroatoms. The first-order chi connectivity index (χ1) is 18.1. The van der Waals surface area contributed by atoms with Crippen LogP contribution in [-0.4, -0.2) is 23.6 Å². The van der Waals surface area contributed by atoms with Gasteiger partial charge in [-0.05, 0) is 49.2 Å². The minimum absolute atomic E-state index is 0.0400. The van der Waals surface area contributed by atoms with Gasteiger partial charge in [-0.15, -0.1) is 0 Å². The van der Waals surface area contributed by atoms with Gasteiger partial charge < -0.3 is 21.3 Å². The summed E-state index contributed by atoms with van der Waals surface area (Å²) in [4.78, 5) is 48.2. The number of hydrogen-bond acceptors (Lipinski definition) is 4. The lowest BCUT2D eigenvalue weighted by molar-refractivity contribution is -0.119. The lowest BCUT2D eigenvalue weighted by Crippen LogP contribution is -2.18. The van der Waals surface area contributed by atoms with Gasteiger partial charge in [0.25, 0.3) is 0 Å². The van der Waals surface area contributed by atoms with E-state index in [0.29, 0.717) is 35.6 Å². The Bertz CT molecular complexity index is 996. The molecule has 0 unspecified atom stereocenters. The molecule has 0 atom stereocenters. The molecule has 8 nitrogen and oxygen atoms in total. The molecule has 0 bridgehead atoms. The zero-order valence-electron chi connectivity index (χ0n) is 23.1. The molecule has 2 aromatic rings. The van der Waals surface area contributed by atoms with Gasteiger partial charge in [0.2, 0.25) is 23.6 Å². The van der Waals surface area contributed by atoms with Crippen molar-refractivity contribution in [2.24, 2.45) is 11.8 Å². The fourth-order valence-electron chi connectivity index (χ4n) is 3.65. The van der Waals surface area contributed by atoms with Gasteiger partial charge in [0.15, 0.2) is 0 Å². The third-order valence-corrected chi connectivity index (χ3v) is 5.93. The van der Waals surface area contributed by atoms with Gasteiger partial charge in [0.1, 0.15) is 0 Å². The van der Waals surface area contributed by atoms with Crippen LogP contribution in [0.2, 0.25) is 0 Å². The molecule has 2 aromatic carbocycles. The van der Waals surface area contributed by atoms with Crippen LogP contribution in [0, 0.1) is 11.8 Å². The van der Waals surface area contributed by atoms with Crippen LogP contribution >= 0.6 is 0 Å². The van der Waals surface area contributed by atoms with Gasteiger partial charge in [-0.3, -0.25) is 19.2 Å². The molecule has 2 rings (SSSR count). The molecule has 4 N–H and O–H groups in total. The zero-order chi connectivity index (χ0) is 27.9. The quantitative estimate of drug-likeness (QED) is 0.198. The summed E-state index contributed by atoms with van der Waals surface area (Å²) in [6.07, 6.45) is 6.45. The summed E-state index contributed by atoms with van der Waals surface area (Å²) in [6.45, 7) is 7.32. The van der Waals surface area contributed by atoms with E-state index < -0.39 is 0 Å². The highest BCUT2D eigenvalue weighted by Crippen LogP contribution is 2.18. The highest BCUT2D eigenvalue weighted by Gasteiger charge is 2.10. The van der Waals surface area contributed by atoms with Crippen LogP contribution in [0.3, 0.4) is 0 Å². The average molecular weight is 523 g/mol. The highest BCUT2D eigenvalue weighted by atomic mass is 16.2. The Morgan fingerprint density at radius 1 is 0.526 bits per heavy atom. The van der Waals surface area contributed by atoms with E-state index >= 15 is 0 Å². The highest BCUT2D eigenvalue weighted by molar-refractivity contribution is 5.95. The Hall–Kier alpha value is -3.68. The topological polar surface area (TPSA) is 116 Å². The van der Waals surface area contributed by atoms with Crippen LogP contribution in [0.25, 0.3) is 0 Å². The molecule has 0 saturated carbocycles. The Morgan fingerprint density at radius 3 is 1.18 bits per heavy atom. The summed E-state index contributed by atoms with van der Waals surface area (Å²) >= 11 is 0. The van der Waals surface area contributed by atoms with Crippen molar-refractivity contribution >= 4 is 46.4 Å². The van der Waals surface area contributed by atoms with Gasteiger partial charge in [-0.25, -0.2) is 0 Å². The fourth-order valence-corrected chi connectivity index (χ4v) is 3.65. The molecule has 0 saturated heterocycles. The number of benzene rings is 2. The van der Waals surface area contributed by atoms with Crippen LogP contribution in [0.5, 0.6) is 0 Å². The van der Waals surface area contributed by atoms with E-state index in [2.05, 4.69) is 21.3 Å². The van der Waals surface area contributed by atoms with E-state index in [0.717, 1.165) is 38.5 Å². The summed E-state index contributed by atoms with van der Waals surface area (Å²) in [6, 6.07) is 14.3. The molecule has 0 aliphatic heterocycles. The van der Waals surface area contributed by atoms with Crippen molar-refractivity contribution in [1.82, 2.24) is 0 Å². The summed E-state index contributed by atoms with van der Waals surface area (Å²) in [5.74, 6) is -0.428. The second-order valence-corrected chi connectivity index (χ2v) is 10.2. The molecule has 0 heterocycles. The first kappa shape index (κ1) is 30.5. The van der Waals surface area contributed by atoms with Gasteiger partial charge in [0.05, 0.1) is 0 Å². The predicted molar refractivity (Wildman–Crippen MR) is 154 cm³/mol. The molecule has 0 spiro atoms. The normalized spacial score (nSPS) is 10.8. The first-order valence-corrected chi connectivity index (χ1v) is 13.6. The number of hydrogen-bond donors (Lipinski definition) is 4. The fraction of sp³-hybridized carbons (Fsp3) is 0.467. The Labute approximate surface area is 226 Å². The number of rotatable bonds is 15. The van der Waals surface area contributed by atoms with E-state index in [4.69, 9.17) is 0 Å². The lowest BCUT2D eigenvalue weighted by atomic mass is 10.1. The van der Waals surface area contributed by atoms with Gasteiger partial charge >= 0.3 is 0 Å². The van der Waals surface area contributed by atoms with Gasteiger partial charge in [-0.1, -0.05) is 65.5 Å². The second kappa shape index (κ2) is 16.2. The molecule has 4 amide bonds. The molecule has 0 aliphatic carbocycles. The number of unbranched alkanes of at least 4 members (excludes halogenated alkanes) is 5. The van der Waals surface area contributed by atoms with Gasteiger partial charge in [0, 0.05) is 47.4 Å². The van der Waals surface area contributed by atoms with Crippen molar-refractivity contribution in [2.75, 3.05) is 21.3 Å². The van der Waals surface area contributed by atoms with E-state index in [9.17, 15) is 19.2 Å². The van der Waals surface area contributed by atoms with E-state index in [1.54, 1.807) is 48.5 Å². The molecule has 0 aromatic heterocycles. The molecule has 0 aliphatic rings. The van der Waals surface area contributed by atoms with Crippen molar-refractivity contribution in [3.05, 3.63) is 48.5 Å². The van der Waals surface area contributed by atoms with E-state index in [1.165, 1.54) is 0 Å². The molecule has 38 heavy (non-hydrogen) atoms. The molecular weight excluding hydrogens is 480 g/mol. The Balaban J connectivity index is 1.56. The van der Waals surface area contributed by atoms with Crippen LogP contribution < -0.4 is 21.3 Å². The maximum atomic E-state index is 12.3. The van der Waals surface area contributed by atoms with Crippen molar-refractivity contribution in [2.45, 2.75) is 79.1 Å². The SMILES string of the molecule is CC(C)C(=O)Nc1cccc(NC(=O)CCCCCCCCC(=O)Nc2cccc(NC(=O)C(C)C)c2)c1. The number of amides is 4. The Morgan fingerprint density at radius 2 is 0.842 bits per heavy atom. The van der Waals surface area contributed by atoms with E-state index in [-0.39, 0.29) is 35.5 Å². The zero-order valence-corrected chi connectivity index (χ0v) is 23.1. The predicted octanol–water partition coefficient (Wildman–Crippen LogP) is 6.57. The van der Waals surface area contributed by atoms with Crippen LogP contribution in [0.4, 0.5) is 22.7 Å². The van der Waals surface area contributed by atoms with Crippen molar-refractivity contribution in [3.8, 4) is 0 Å². The van der Waals surface area contributed by atoms with Crippen LogP contribution in [0.15, 0.2) is 48.5 Å². The molecule has 0 fully saturated rings. The van der Waals surface area contributed by atoms with Crippen molar-refractivity contribution < 1.29 is 19.2 Å². The summed E-state index contributed by atoms with van der Waals surface area (Å²) < 4.78 is 0. The van der Waals surface area contributed by atoms with Crippen molar-refractivity contribution in [3.63, 3.8) is 0 Å². The number of anilines is 4. The molecular formula is C30H42N4O4. The van der Waals surface area contributed by atoms with Gasteiger partial charge in [-0.2, -0.15) is 0 Å². The summed E-state index contributed by atoms with van der Waals surface area (Å²) in [7, 11) is 0. The standard InChI is InChI=1S/C30H42N4O4/c1-21(2)29(37)33-25-15-11-13-23(19-25)31-27(35)17-9-7-5-6-8-10-18-28(36)32-24-14-12-16-26(20-24)34-30(38)22(3)4/h11-16,19-22H,5-10,17-18H2,1-4H3,(H,31,35)(H,32,36)(H,33,37)(H,34,38). The lowest BCUT2D eigenvalue weighted by Gasteiger charge is -2.10. The third-order valence-electron chi connectivity index (χ3n) is 5.93. The van der Waals surface area contributed by atoms with Crippen LogP contribution in [-0.2, 0) is 19.2 Å². The van der Waals surface area contributed by atoms with Crippen LogP contribution in [0.1, 0.15) is 79.1 Å². The summed E-state index contributed by atoms with van der Waals surface area (Å²) in [5.41, 5.74) is 2.67. The maximum absolute atomic E-state index is 12.3. The minimum Gasteiger partial charge on any atom is -0.326 e. The first-order valence-electron chi connectivity index (χ1n) is 13.6. The van der Waals surface area contributed by atoms with E-state index in [1.807, 2.05) is 27.7 Å². The maximum Gasteiger partial charge on any atom is 0.226 e. The Kier molecular flexibility index (Phi) is 13.0. The monoisotopic (exact) mass is 522 g/mol. The number of nitrogens with one attached hydrogen (secondary N) is 4. The third kappa shape index (κ3) is 12.0. The molecule has 0 radical (unpaired) electrons. The second-order valence-electron chi connectivity index (χ2n) is 10.2. The minimum atomic E-state index is -0.112. The van der Waals surface area contributed by atoms with Crippen molar-refractivity contribution in [1.29, 1.82) is 0 Å². The average Bonchev–Trinajstić information content (AvgIpc) is 2.85. The smallest absolute Gasteiger partial charge is 0.226 e. The largest absolute Gasteiger partial charge is 0.326 e. The molecule has 206 valence electrons. The number of carbonyl (C=O) groups excluding carboxylic acids is 4. The summed E-state index contributed by atoms with van der Waals surface area (Å²) in [5, 5.41) is 11.4. The number of carbonyl (C=O) groups is 4.